The number of rotatable bonds is 0. The SMILES string of the molecule is CC.CC.CC.CC1c2ccccc2-c2cccc[n+]21. The number of hydrogen-bond donors (Lipinski definition) is 0. The van der Waals surface area contributed by atoms with Crippen molar-refractivity contribution in [1.82, 2.24) is 0 Å². The van der Waals surface area contributed by atoms with E-state index in [0.717, 1.165) is 0 Å². The Hall–Kier alpha value is -1.63. The molecule has 0 radical (unpaired) electrons. The Balaban J connectivity index is 0.000000538. The van der Waals surface area contributed by atoms with Gasteiger partial charge in [-0.05, 0) is 12.1 Å². The fraction of sp³-hybridized carbons (Fsp3) is 0.421. The van der Waals surface area contributed by atoms with E-state index in [1.165, 1.54) is 16.8 Å². The zero-order chi connectivity index (χ0) is 15.5. The van der Waals surface area contributed by atoms with Crippen LogP contribution in [-0.2, 0) is 0 Å². The molecular formula is C19H30N+. The second-order valence-electron chi connectivity index (χ2n) is 3.76. The lowest BCUT2D eigenvalue weighted by atomic mass is 10.0. The van der Waals surface area contributed by atoms with Gasteiger partial charge in [0, 0.05) is 24.6 Å². The van der Waals surface area contributed by atoms with E-state index >= 15 is 0 Å². The first-order valence-corrected chi connectivity index (χ1v) is 7.97. The van der Waals surface area contributed by atoms with Crippen molar-refractivity contribution in [3.8, 4) is 11.3 Å². The van der Waals surface area contributed by atoms with Crippen molar-refractivity contribution in [1.29, 1.82) is 0 Å². The van der Waals surface area contributed by atoms with E-state index in [1.54, 1.807) is 0 Å². The first-order valence-electron chi connectivity index (χ1n) is 7.97. The minimum atomic E-state index is 0.474. The Morgan fingerprint density at radius 3 is 1.95 bits per heavy atom. The molecule has 110 valence electrons. The molecule has 3 rings (SSSR count). The van der Waals surface area contributed by atoms with Gasteiger partial charge in [0.05, 0.1) is 5.56 Å². The van der Waals surface area contributed by atoms with Crippen LogP contribution in [-0.4, -0.2) is 0 Å². The number of pyridine rings is 1. The molecule has 1 aliphatic rings. The monoisotopic (exact) mass is 272 g/mol. The van der Waals surface area contributed by atoms with Crippen molar-refractivity contribution < 1.29 is 4.57 Å². The van der Waals surface area contributed by atoms with E-state index in [1.807, 2.05) is 41.5 Å². The summed E-state index contributed by atoms with van der Waals surface area (Å²) in [4.78, 5) is 0. The van der Waals surface area contributed by atoms with Crippen LogP contribution in [0.15, 0.2) is 48.7 Å². The van der Waals surface area contributed by atoms with E-state index in [9.17, 15) is 0 Å². The summed E-state index contributed by atoms with van der Waals surface area (Å²) in [7, 11) is 0. The lowest BCUT2D eigenvalue weighted by molar-refractivity contribution is -0.694. The molecule has 1 aliphatic heterocycles. The molecule has 2 heterocycles. The first kappa shape index (κ1) is 18.4. The van der Waals surface area contributed by atoms with Crippen molar-refractivity contribution >= 4 is 0 Å². The van der Waals surface area contributed by atoms with Crippen molar-refractivity contribution in [2.24, 2.45) is 0 Å². The Kier molecular flexibility index (Phi) is 9.36. The molecule has 0 saturated heterocycles. The van der Waals surface area contributed by atoms with Gasteiger partial charge in [-0.15, -0.1) is 0 Å². The molecule has 1 aromatic carbocycles. The van der Waals surface area contributed by atoms with Crippen molar-refractivity contribution in [3.05, 3.63) is 54.2 Å². The molecule has 0 fully saturated rings. The number of aromatic nitrogens is 1. The molecule has 1 unspecified atom stereocenters. The maximum Gasteiger partial charge on any atom is 0.213 e. The maximum absolute atomic E-state index is 2.32. The van der Waals surface area contributed by atoms with Crippen LogP contribution in [0.2, 0.25) is 0 Å². The molecule has 2 aromatic rings. The molecule has 1 atom stereocenters. The topological polar surface area (TPSA) is 3.88 Å². The van der Waals surface area contributed by atoms with Gasteiger partial charge in [-0.3, -0.25) is 0 Å². The molecule has 0 bridgehead atoms. The molecule has 0 amide bonds. The summed E-state index contributed by atoms with van der Waals surface area (Å²) in [5.74, 6) is 0. The van der Waals surface area contributed by atoms with Crippen LogP contribution >= 0.6 is 0 Å². The molecule has 0 saturated carbocycles. The van der Waals surface area contributed by atoms with Gasteiger partial charge >= 0.3 is 0 Å². The second kappa shape index (κ2) is 10.2. The lowest BCUT2D eigenvalue weighted by Gasteiger charge is -1.98. The summed E-state index contributed by atoms with van der Waals surface area (Å²) in [6, 6.07) is 15.5. The van der Waals surface area contributed by atoms with Crippen molar-refractivity contribution in [2.45, 2.75) is 54.5 Å². The highest BCUT2D eigenvalue weighted by molar-refractivity contribution is 5.63. The van der Waals surface area contributed by atoms with Crippen LogP contribution in [0.3, 0.4) is 0 Å². The average Bonchev–Trinajstić information content (AvgIpc) is 2.87. The highest BCUT2D eigenvalue weighted by Crippen LogP contribution is 2.31. The minimum Gasteiger partial charge on any atom is -0.191 e. The van der Waals surface area contributed by atoms with Gasteiger partial charge in [0.15, 0.2) is 12.2 Å². The van der Waals surface area contributed by atoms with Crippen LogP contribution in [0.25, 0.3) is 11.3 Å². The van der Waals surface area contributed by atoms with Crippen molar-refractivity contribution in [3.63, 3.8) is 0 Å². The number of fused-ring (bicyclic) bond motifs is 3. The number of benzene rings is 1. The van der Waals surface area contributed by atoms with Crippen LogP contribution in [0, 0.1) is 0 Å². The summed E-state index contributed by atoms with van der Waals surface area (Å²) in [5, 5.41) is 0. The number of hydrogen-bond acceptors (Lipinski definition) is 0. The third-order valence-corrected chi connectivity index (χ3v) is 2.99. The van der Waals surface area contributed by atoms with Crippen LogP contribution in [0.1, 0.15) is 60.1 Å². The maximum atomic E-state index is 2.32. The summed E-state index contributed by atoms with van der Waals surface area (Å²) in [6.07, 6.45) is 2.15. The number of nitrogens with zero attached hydrogens (tertiary/aromatic N) is 1. The zero-order valence-electron chi connectivity index (χ0n) is 14.1. The summed E-state index contributed by atoms with van der Waals surface area (Å²) in [6.45, 7) is 14.2. The Labute approximate surface area is 125 Å². The van der Waals surface area contributed by atoms with Gasteiger partial charge in [-0.1, -0.05) is 59.7 Å². The van der Waals surface area contributed by atoms with E-state index in [4.69, 9.17) is 0 Å². The van der Waals surface area contributed by atoms with Gasteiger partial charge < -0.3 is 0 Å². The largest absolute Gasteiger partial charge is 0.213 e. The smallest absolute Gasteiger partial charge is 0.191 e. The molecule has 0 spiro atoms. The van der Waals surface area contributed by atoms with Gasteiger partial charge in [0.1, 0.15) is 0 Å². The summed E-state index contributed by atoms with van der Waals surface area (Å²) >= 11 is 0. The molecule has 1 heteroatoms. The summed E-state index contributed by atoms with van der Waals surface area (Å²) in [5.41, 5.74) is 4.13. The zero-order valence-corrected chi connectivity index (χ0v) is 14.1. The van der Waals surface area contributed by atoms with Gasteiger partial charge in [0.2, 0.25) is 5.69 Å². The first-order chi connectivity index (χ1) is 9.88. The predicted octanol–water partition coefficient (Wildman–Crippen LogP) is 5.64. The molecule has 0 N–H and O–H groups in total. The standard InChI is InChI=1S/C13H12N.3C2H6/c1-10-11-6-2-3-7-12(11)13-8-4-5-9-14(10)13;3*1-2/h2-10H,1H3;3*1-2H3/q+1;;;. The van der Waals surface area contributed by atoms with E-state index < -0.39 is 0 Å². The van der Waals surface area contributed by atoms with Gasteiger partial charge in [0.25, 0.3) is 0 Å². The third-order valence-electron chi connectivity index (χ3n) is 2.99. The Morgan fingerprint density at radius 1 is 0.750 bits per heavy atom. The van der Waals surface area contributed by atoms with Crippen LogP contribution < -0.4 is 4.57 Å². The third kappa shape index (κ3) is 3.69. The Morgan fingerprint density at radius 2 is 1.30 bits per heavy atom. The highest BCUT2D eigenvalue weighted by Gasteiger charge is 2.31. The van der Waals surface area contributed by atoms with Gasteiger partial charge in [-0.25, -0.2) is 0 Å². The Bertz CT molecular complexity index is 443. The molecule has 1 aromatic heterocycles. The quantitative estimate of drug-likeness (QED) is 0.546. The van der Waals surface area contributed by atoms with Crippen LogP contribution in [0.5, 0.6) is 0 Å². The molecular weight excluding hydrogens is 242 g/mol. The predicted molar refractivity (Wildman–Crippen MR) is 89.9 cm³/mol. The minimum absolute atomic E-state index is 0.474. The van der Waals surface area contributed by atoms with Crippen molar-refractivity contribution in [2.75, 3.05) is 0 Å². The summed E-state index contributed by atoms with van der Waals surface area (Å²) < 4.78 is 2.32. The molecule has 1 nitrogen and oxygen atoms in total. The average molecular weight is 272 g/mol. The normalized spacial score (nSPS) is 13.2. The van der Waals surface area contributed by atoms with E-state index in [-0.39, 0.29) is 0 Å². The van der Waals surface area contributed by atoms with E-state index in [0.29, 0.717) is 6.04 Å². The second-order valence-corrected chi connectivity index (χ2v) is 3.76. The van der Waals surface area contributed by atoms with Gasteiger partial charge in [-0.2, -0.15) is 4.57 Å². The highest BCUT2D eigenvalue weighted by atomic mass is 15.0. The fourth-order valence-electron chi connectivity index (χ4n) is 2.27. The molecule has 20 heavy (non-hydrogen) atoms. The molecule has 0 aliphatic carbocycles. The lowest BCUT2D eigenvalue weighted by Crippen LogP contribution is -2.35. The van der Waals surface area contributed by atoms with E-state index in [2.05, 4.69) is 60.2 Å². The van der Waals surface area contributed by atoms with Crippen LogP contribution in [0.4, 0.5) is 0 Å². The fourth-order valence-corrected chi connectivity index (χ4v) is 2.27.